The molecule has 132 valence electrons. The Kier molecular flexibility index (Phi) is 5.38. The number of carbonyl (C=O) groups excluding carboxylic acids is 1. The molecule has 0 atom stereocenters. The average molecular weight is 359 g/mol. The van der Waals surface area contributed by atoms with Gasteiger partial charge in [0.05, 0.1) is 5.69 Å². The number of thioether (sulfide) groups is 1. The number of aryl methyl sites for hydroxylation is 2. The summed E-state index contributed by atoms with van der Waals surface area (Å²) < 4.78 is 16.7. The van der Waals surface area contributed by atoms with Crippen molar-refractivity contribution in [3.63, 3.8) is 0 Å². The number of hydrogen-bond donors (Lipinski definition) is 1. The molecule has 0 bridgehead atoms. The van der Waals surface area contributed by atoms with Gasteiger partial charge in [0.15, 0.2) is 18.1 Å². The zero-order chi connectivity index (χ0) is 17.8. The molecule has 0 radical (unpaired) electrons. The highest BCUT2D eigenvalue weighted by Gasteiger charge is 2.17. The molecule has 2 aromatic rings. The van der Waals surface area contributed by atoms with Crippen LogP contribution >= 0.6 is 11.8 Å². The number of fused-ring (bicyclic) bond motifs is 1. The highest BCUT2D eigenvalue weighted by Crippen LogP contribution is 2.39. The van der Waals surface area contributed by atoms with Crippen LogP contribution in [-0.4, -0.2) is 32.0 Å². The Morgan fingerprint density at radius 2 is 1.84 bits per heavy atom. The molecule has 0 saturated heterocycles. The van der Waals surface area contributed by atoms with Gasteiger partial charge in [0.1, 0.15) is 19.0 Å². The Morgan fingerprint density at radius 3 is 2.52 bits per heavy atom. The van der Waals surface area contributed by atoms with E-state index in [4.69, 9.17) is 14.2 Å². The Bertz CT molecular complexity index is 791. The minimum absolute atomic E-state index is 0.0508. The summed E-state index contributed by atoms with van der Waals surface area (Å²) in [7, 11) is 0. The molecule has 0 saturated carbocycles. The van der Waals surface area contributed by atoms with Crippen molar-refractivity contribution in [1.29, 1.82) is 0 Å². The van der Waals surface area contributed by atoms with Crippen LogP contribution < -0.4 is 19.5 Å². The molecule has 25 heavy (non-hydrogen) atoms. The highest BCUT2D eigenvalue weighted by atomic mass is 32.2. The van der Waals surface area contributed by atoms with E-state index in [9.17, 15) is 4.79 Å². The second-order valence-corrected chi connectivity index (χ2v) is 6.63. The summed E-state index contributed by atoms with van der Waals surface area (Å²) in [5.74, 6) is 1.82. The van der Waals surface area contributed by atoms with Crippen LogP contribution in [0.2, 0.25) is 0 Å². The number of carbonyl (C=O) groups is 1. The summed E-state index contributed by atoms with van der Waals surface area (Å²) in [6.07, 6.45) is 1.95. The lowest BCUT2D eigenvalue weighted by Crippen LogP contribution is -2.21. The molecule has 0 fully saturated rings. The molecular weight excluding hydrogens is 338 g/mol. The smallest absolute Gasteiger partial charge is 0.262 e. The molecule has 5 nitrogen and oxygen atoms in total. The molecule has 3 rings (SSSR count). The van der Waals surface area contributed by atoms with Crippen molar-refractivity contribution in [2.24, 2.45) is 0 Å². The molecular formula is C19H21NO4S. The number of rotatable bonds is 5. The van der Waals surface area contributed by atoms with Crippen molar-refractivity contribution < 1.29 is 19.0 Å². The number of amides is 1. The molecule has 6 heteroatoms. The maximum absolute atomic E-state index is 12.3. The van der Waals surface area contributed by atoms with Crippen LogP contribution in [-0.2, 0) is 4.79 Å². The third kappa shape index (κ3) is 4.20. The molecule has 0 spiro atoms. The lowest BCUT2D eigenvalue weighted by Gasteiger charge is -2.21. The van der Waals surface area contributed by atoms with Crippen LogP contribution in [0, 0.1) is 13.8 Å². The molecule has 0 unspecified atom stereocenters. The van der Waals surface area contributed by atoms with Gasteiger partial charge in [-0.25, -0.2) is 0 Å². The second-order valence-electron chi connectivity index (χ2n) is 5.78. The summed E-state index contributed by atoms with van der Waals surface area (Å²) in [6.45, 7) is 5.05. The predicted molar refractivity (Wildman–Crippen MR) is 99.3 cm³/mol. The van der Waals surface area contributed by atoms with Crippen molar-refractivity contribution in [3.8, 4) is 17.2 Å². The normalized spacial score (nSPS) is 12.6. The van der Waals surface area contributed by atoms with E-state index in [2.05, 4.69) is 5.32 Å². The Hall–Kier alpha value is -2.34. The Morgan fingerprint density at radius 1 is 1.12 bits per heavy atom. The topological polar surface area (TPSA) is 56.8 Å². The van der Waals surface area contributed by atoms with E-state index in [-0.39, 0.29) is 12.5 Å². The van der Waals surface area contributed by atoms with Crippen LogP contribution in [0.4, 0.5) is 5.69 Å². The van der Waals surface area contributed by atoms with Crippen LogP contribution in [0.25, 0.3) is 0 Å². The molecule has 1 amide bonds. The van der Waals surface area contributed by atoms with Crippen molar-refractivity contribution in [1.82, 2.24) is 0 Å². The minimum atomic E-state index is -0.217. The molecule has 1 aliphatic heterocycles. The van der Waals surface area contributed by atoms with Gasteiger partial charge in [0.2, 0.25) is 0 Å². The maximum atomic E-state index is 12.3. The fourth-order valence-corrected chi connectivity index (χ4v) is 3.03. The SMILES string of the molecule is CSc1cc2c(cc1NC(=O)COc1ccc(C)c(C)c1)OCCO2. The number of anilines is 1. The van der Waals surface area contributed by atoms with Gasteiger partial charge in [-0.3, -0.25) is 4.79 Å². The first-order chi connectivity index (χ1) is 12.1. The first kappa shape index (κ1) is 17.5. The van der Waals surface area contributed by atoms with Gasteiger partial charge >= 0.3 is 0 Å². The first-order valence-corrected chi connectivity index (χ1v) is 9.27. The summed E-state index contributed by atoms with van der Waals surface area (Å²) >= 11 is 1.54. The third-order valence-electron chi connectivity index (χ3n) is 3.99. The van der Waals surface area contributed by atoms with E-state index >= 15 is 0 Å². The Balaban J connectivity index is 1.66. The van der Waals surface area contributed by atoms with E-state index in [0.717, 1.165) is 10.5 Å². The largest absolute Gasteiger partial charge is 0.486 e. The first-order valence-electron chi connectivity index (χ1n) is 8.04. The predicted octanol–water partition coefficient (Wildman–Crippen LogP) is 3.81. The van der Waals surface area contributed by atoms with Gasteiger partial charge < -0.3 is 19.5 Å². The molecule has 2 aromatic carbocycles. The van der Waals surface area contributed by atoms with Gasteiger partial charge in [-0.05, 0) is 49.4 Å². The molecule has 0 aromatic heterocycles. The minimum Gasteiger partial charge on any atom is -0.486 e. The highest BCUT2D eigenvalue weighted by molar-refractivity contribution is 7.98. The number of ether oxygens (including phenoxy) is 3. The fraction of sp³-hybridized carbons (Fsp3) is 0.316. The van der Waals surface area contributed by atoms with Gasteiger partial charge in [-0.1, -0.05) is 6.07 Å². The van der Waals surface area contributed by atoms with Gasteiger partial charge in [-0.2, -0.15) is 0 Å². The van der Waals surface area contributed by atoms with Crippen LogP contribution in [0.15, 0.2) is 35.2 Å². The summed E-state index contributed by atoms with van der Waals surface area (Å²) in [5, 5.41) is 2.89. The van der Waals surface area contributed by atoms with Gasteiger partial charge in [-0.15, -0.1) is 11.8 Å². The molecule has 1 aliphatic rings. The van der Waals surface area contributed by atoms with Gasteiger partial charge in [0, 0.05) is 11.0 Å². The van der Waals surface area contributed by atoms with Crippen molar-refractivity contribution in [3.05, 3.63) is 41.5 Å². The zero-order valence-corrected chi connectivity index (χ0v) is 15.4. The van der Waals surface area contributed by atoms with E-state index < -0.39 is 0 Å². The monoisotopic (exact) mass is 359 g/mol. The molecule has 0 aliphatic carbocycles. The van der Waals surface area contributed by atoms with E-state index in [1.807, 2.05) is 44.4 Å². The van der Waals surface area contributed by atoms with E-state index in [1.54, 1.807) is 6.07 Å². The average Bonchev–Trinajstić information content (AvgIpc) is 2.62. The van der Waals surface area contributed by atoms with Crippen LogP contribution in [0.5, 0.6) is 17.2 Å². The fourth-order valence-electron chi connectivity index (χ4n) is 2.48. The maximum Gasteiger partial charge on any atom is 0.262 e. The number of benzene rings is 2. The van der Waals surface area contributed by atoms with E-state index in [0.29, 0.717) is 36.1 Å². The van der Waals surface area contributed by atoms with Gasteiger partial charge in [0.25, 0.3) is 5.91 Å². The summed E-state index contributed by atoms with van der Waals surface area (Å²) in [5.41, 5.74) is 3.03. The van der Waals surface area contributed by atoms with Crippen molar-refractivity contribution in [2.75, 3.05) is 31.4 Å². The number of nitrogens with one attached hydrogen (secondary N) is 1. The lowest BCUT2D eigenvalue weighted by molar-refractivity contribution is -0.118. The second kappa shape index (κ2) is 7.70. The summed E-state index contributed by atoms with van der Waals surface area (Å²) in [4.78, 5) is 13.2. The van der Waals surface area contributed by atoms with Crippen LogP contribution in [0.3, 0.4) is 0 Å². The van der Waals surface area contributed by atoms with Crippen molar-refractivity contribution in [2.45, 2.75) is 18.7 Å². The van der Waals surface area contributed by atoms with E-state index in [1.165, 1.54) is 17.3 Å². The zero-order valence-electron chi connectivity index (χ0n) is 14.5. The lowest BCUT2D eigenvalue weighted by atomic mass is 10.1. The molecule has 1 heterocycles. The van der Waals surface area contributed by atoms with Crippen molar-refractivity contribution >= 4 is 23.4 Å². The number of hydrogen-bond acceptors (Lipinski definition) is 5. The third-order valence-corrected chi connectivity index (χ3v) is 4.76. The van der Waals surface area contributed by atoms with Crippen LogP contribution in [0.1, 0.15) is 11.1 Å². The Labute approximate surface area is 151 Å². The summed E-state index contributed by atoms with van der Waals surface area (Å²) in [6, 6.07) is 9.47. The standard InChI is InChI=1S/C19H21NO4S/c1-12-4-5-14(8-13(12)2)24-11-19(21)20-15-9-16-17(10-18(15)25-3)23-7-6-22-16/h4-5,8-10H,6-7,11H2,1-3H3,(H,20,21). The quantitative estimate of drug-likeness (QED) is 0.823. The molecule has 1 N–H and O–H groups in total.